The number of esters is 1. The lowest BCUT2D eigenvalue weighted by Gasteiger charge is -2.69. The molecule has 0 aromatic carbocycles. The van der Waals surface area contributed by atoms with Gasteiger partial charge in [0.2, 0.25) is 0 Å². The molecule has 4 unspecified atom stereocenters. The summed E-state index contributed by atoms with van der Waals surface area (Å²) in [6.07, 6.45) is 6.64. The van der Waals surface area contributed by atoms with Gasteiger partial charge >= 0.3 is 5.97 Å². The van der Waals surface area contributed by atoms with E-state index in [9.17, 15) is 14.7 Å². The number of rotatable bonds is 5. The highest BCUT2D eigenvalue weighted by molar-refractivity contribution is 5.85. The van der Waals surface area contributed by atoms with Crippen LogP contribution in [0, 0.1) is 39.4 Å². The molecule has 37 heavy (non-hydrogen) atoms. The number of carbonyl (C=O) groups is 2. The second-order valence-electron chi connectivity index (χ2n) is 15.2. The fourth-order valence-corrected chi connectivity index (χ4v) is 10.4. The number of carbonyl (C=O) groups excluding carboxylic acids is 2. The molecule has 1 N–H and O–H groups in total. The summed E-state index contributed by atoms with van der Waals surface area (Å²) in [7, 11) is 0. The van der Waals surface area contributed by atoms with Crippen molar-refractivity contribution in [3.8, 4) is 0 Å². The van der Waals surface area contributed by atoms with Crippen LogP contribution in [0.1, 0.15) is 114 Å². The van der Waals surface area contributed by atoms with Gasteiger partial charge < -0.3 is 14.6 Å². The average molecular weight is 515 g/mol. The molecule has 208 valence electrons. The van der Waals surface area contributed by atoms with E-state index in [0.717, 1.165) is 44.9 Å². The van der Waals surface area contributed by atoms with E-state index in [4.69, 9.17) is 9.47 Å². The number of aliphatic hydroxyl groups excluding tert-OH is 1. The molecule has 4 fully saturated rings. The average Bonchev–Trinajstić information content (AvgIpc) is 3.27. The lowest BCUT2D eigenvalue weighted by molar-refractivity contribution is -0.208. The van der Waals surface area contributed by atoms with Crippen LogP contribution in [0.25, 0.3) is 0 Å². The van der Waals surface area contributed by atoms with Crippen molar-refractivity contribution in [3.63, 3.8) is 0 Å². The van der Waals surface area contributed by atoms with Gasteiger partial charge in [-0.05, 0) is 92.8 Å². The first-order valence-electron chi connectivity index (χ1n) is 14.8. The molecular formula is C32H50O5. The topological polar surface area (TPSA) is 76.1 Å². The van der Waals surface area contributed by atoms with Crippen molar-refractivity contribution in [2.24, 2.45) is 39.4 Å². The van der Waals surface area contributed by atoms with Crippen molar-refractivity contribution in [3.05, 3.63) is 11.1 Å². The molecule has 5 aliphatic rings. The zero-order valence-electron chi connectivity index (χ0n) is 24.7. The SMILES string of the molecule is CC(=O)O[C@@H](C[C@@H](C)C1=C2CC(O)C3[C@@]4(C)CCC(=O)C(C)(C)C4CC[C@]3(C)[C@@]2(C)CC1)C1OC1(C)C. The molecule has 0 radical (unpaired) electrons. The summed E-state index contributed by atoms with van der Waals surface area (Å²) in [5.41, 5.74) is 2.41. The van der Waals surface area contributed by atoms with Crippen LogP contribution in [0.15, 0.2) is 11.1 Å². The van der Waals surface area contributed by atoms with Gasteiger partial charge in [-0.15, -0.1) is 0 Å². The predicted molar refractivity (Wildman–Crippen MR) is 144 cm³/mol. The lowest BCUT2D eigenvalue weighted by atomic mass is 9.36. The molecular weight excluding hydrogens is 464 g/mol. The van der Waals surface area contributed by atoms with E-state index in [1.807, 2.05) is 0 Å². The third kappa shape index (κ3) is 3.84. The maximum atomic E-state index is 12.9. The molecule has 0 amide bonds. The standard InChI is InChI=1S/C32H50O5/c1-18(16-23(36-19(2)33)27-29(5,6)37-27)20-10-14-31(8)21(20)17-22(34)26-30(7)13-12-25(35)28(3,4)24(30)11-15-32(26,31)9/h18,22-24,26-27,34H,10-17H2,1-9H3/t18-,22?,23+,24?,26?,27?,30+,31+,32+/m1/s1. The highest BCUT2D eigenvalue weighted by Crippen LogP contribution is 2.74. The number of fused-ring (bicyclic) bond motifs is 5. The molecule has 0 spiro atoms. The zero-order valence-corrected chi connectivity index (χ0v) is 24.7. The minimum atomic E-state index is -0.389. The van der Waals surface area contributed by atoms with Crippen LogP contribution < -0.4 is 0 Å². The Morgan fingerprint density at radius 2 is 1.73 bits per heavy atom. The first kappa shape index (κ1) is 27.4. The van der Waals surface area contributed by atoms with Crippen molar-refractivity contribution in [2.75, 3.05) is 0 Å². The summed E-state index contributed by atoms with van der Waals surface area (Å²) in [6.45, 7) is 19.5. The highest BCUT2D eigenvalue weighted by atomic mass is 16.6. The van der Waals surface area contributed by atoms with Crippen molar-refractivity contribution < 1.29 is 24.2 Å². The normalized spacial score (nSPS) is 45.4. The Kier molecular flexibility index (Phi) is 6.21. The number of allylic oxidation sites excluding steroid dienone is 1. The van der Waals surface area contributed by atoms with Crippen LogP contribution in [0.2, 0.25) is 0 Å². The molecule has 1 heterocycles. The third-order valence-electron chi connectivity index (χ3n) is 12.5. The van der Waals surface area contributed by atoms with E-state index in [1.165, 1.54) is 18.1 Å². The van der Waals surface area contributed by atoms with E-state index in [1.54, 1.807) is 0 Å². The summed E-state index contributed by atoms with van der Waals surface area (Å²) in [5.74, 6) is 0.947. The highest BCUT2D eigenvalue weighted by Gasteiger charge is 2.69. The molecule has 5 nitrogen and oxygen atoms in total. The van der Waals surface area contributed by atoms with E-state index < -0.39 is 0 Å². The van der Waals surface area contributed by atoms with Gasteiger partial charge in [-0.2, -0.15) is 0 Å². The first-order valence-corrected chi connectivity index (χ1v) is 14.8. The van der Waals surface area contributed by atoms with Gasteiger partial charge in [0.15, 0.2) is 0 Å². The number of hydrogen-bond donors (Lipinski definition) is 1. The van der Waals surface area contributed by atoms with Crippen LogP contribution in [-0.2, 0) is 19.1 Å². The van der Waals surface area contributed by atoms with Gasteiger partial charge in [0, 0.05) is 18.8 Å². The van der Waals surface area contributed by atoms with Crippen LogP contribution in [0.4, 0.5) is 0 Å². The molecule has 1 saturated heterocycles. The number of hydrogen-bond acceptors (Lipinski definition) is 5. The largest absolute Gasteiger partial charge is 0.460 e. The number of ether oxygens (including phenoxy) is 2. The van der Waals surface area contributed by atoms with E-state index in [2.05, 4.69) is 55.4 Å². The minimum absolute atomic E-state index is 0.0000676. The monoisotopic (exact) mass is 514 g/mol. The van der Waals surface area contributed by atoms with Crippen LogP contribution >= 0.6 is 0 Å². The fraction of sp³-hybridized carbons (Fsp3) is 0.875. The molecule has 0 aromatic heterocycles. The quantitative estimate of drug-likeness (QED) is 0.261. The summed E-state index contributed by atoms with van der Waals surface area (Å²) in [4.78, 5) is 24.8. The molecule has 5 rings (SSSR count). The van der Waals surface area contributed by atoms with Crippen molar-refractivity contribution in [1.82, 2.24) is 0 Å². The van der Waals surface area contributed by atoms with Gasteiger partial charge in [0.25, 0.3) is 0 Å². The molecule has 0 bridgehead atoms. The summed E-state index contributed by atoms with van der Waals surface area (Å²) >= 11 is 0. The zero-order chi connectivity index (χ0) is 27.3. The fourth-order valence-electron chi connectivity index (χ4n) is 10.4. The summed E-state index contributed by atoms with van der Waals surface area (Å²) in [5, 5.41) is 11.9. The Hall–Kier alpha value is -1.20. The Balaban J connectivity index is 1.46. The van der Waals surface area contributed by atoms with E-state index in [-0.39, 0.29) is 63.4 Å². The van der Waals surface area contributed by atoms with E-state index >= 15 is 0 Å². The van der Waals surface area contributed by atoms with E-state index in [0.29, 0.717) is 18.1 Å². The number of Topliss-reactive ketones (excluding diaryl/α,β-unsaturated/α-hetero) is 1. The van der Waals surface area contributed by atoms with Crippen LogP contribution in [0.3, 0.4) is 0 Å². The van der Waals surface area contributed by atoms with Gasteiger partial charge in [-0.25, -0.2) is 0 Å². The smallest absolute Gasteiger partial charge is 0.302 e. The molecule has 5 heteroatoms. The van der Waals surface area contributed by atoms with Gasteiger partial charge in [-0.3, -0.25) is 9.59 Å². The second-order valence-corrected chi connectivity index (χ2v) is 15.2. The summed E-state index contributed by atoms with van der Waals surface area (Å²) in [6, 6.07) is 0. The van der Waals surface area contributed by atoms with Crippen LogP contribution in [-0.4, -0.2) is 40.8 Å². The van der Waals surface area contributed by atoms with Gasteiger partial charge in [0.1, 0.15) is 18.0 Å². The molecule has 0 aromatic rings. The van der Waals surface area contributed by atoms with Crippen molar-refractivity contribution >= 4 is 11.8 Å². The third-order valence-corrected chi connectivity index (χ3v) is 12.5. The minimum Gasteiger partial charge on any atom is -0.460 e. The Morgan fingerprint density at radius 1 is 1.08 bits per heavy atom. The molecule has 3 saturated carbocycles. The van der Waals surface area contributed by atoms with Crippen molar-refractivity contribution in [2.45, 2.75) is 138 Å². The number of epoxide rings is 1. The van der Waals surface area contributed by atoms with Gasteiger partial charge in [-0.1, -0.05) is 52.7 Å². The molecule has 1 aliphatic heterocycles. The maximum Gasteiger partial charge on any atom is 0.302 e. The summed E-state index contributed by atoms with van der Waals surface area (Å²) < 4.78 is 11.7. The molecule has 9 atom stereocenters. The predicted octanol–water partition coefficient (Wildman–Crippen LogP) is 6.41. The Bertz CT molecular complexity index is 1020. The first-order chi connectivity index (χ1) is 17.0. The Labute approximate surface area is 224 Å². The Morgan fingerprint density at radius 3 is 2.32 bits per heavy atom. The van der Waals surface area contributed by atoms with Crippen molar-refractivity contribution in [1.29, 1.82) is 0 Å². The number of aliphatic hydroxyl groups is 1. The number of ketones is 1. The van der Waals surface area contributed by atoms with Crippen LogP contribution in [0.5, 0.6) is 0 Å². The lowest BCUT2D eigenvalue weighted by Crippen LogP contribution is -2.65. The molecule has 4 aliphatic carbocycles. The van der Waals surface area contributed by atoms with Gasteiger partial charge in [0.05, 0.1) is 11.7 Å². The second kappa shape index (κ2) is 8.40. The maximum absolute atomic E-state index is 12.9.